The molecule has 1 saturated carbocycles. The molecule has 1 aromatic rings. The summed E-state index contributed by atoms with van der Waals surface area (Å²) in [5.74, 6) is 0.474. The summed E-state index contributed by atoms with van der Waals surface area (Å²) in [6.07, 6.45) is 3.33. The van der Waals surface area contributed by atoms with E-state index in [2.05, 4.69) is 26.1 Å². The SMILES string of the molecule is CC(C)(C)c1ccccc1C(=O)NC1CCCC1CN. The molecule has 2 atom stereocenters. The largest absolute Gasteiger partial charge is 0.349 e. The predicted molar refractivity (Wildman–Crippen MR) is 82.8 cm³/mol. The highest BCUT2D eigenvalue weighted by Crippen LogP contribution is 2.28. The minimum Gasteiger partial charge on any atom is -0.349 e. The van der Waals surface area contributed by atoms with E-state index in [1.165, 1.54) is 0 Å². The van der Waals surface area contributed by atoms with Crippen molar-refractivity contribution in [1.82, 2.24) is 5.32 Å². The molecule has 3 N–H and O–H groups in total. The third-order valence-electron chi connectivity index (χ3n) is 4.26. The molecule has 2 rings (SSSR count). The Morgan fingerprint density at radius 1 is 1.30 bits per heavy atom. The molecule has 1 amide bonds. The van der Waals surface area contributed by atoms with Gasteiger partial charge in [0.05, 0.1) is 0 Å². The van der Waals surface area contributed by atoms with Gasteiger partial charge in [-0.25, -0.2) is 0 Å². The fraction of sp³-hybridized carbons (Fsp3) is 0.588. The molecule has 0 aromatic heterocycles. The molecule has 0 radical (unpaired) electrons. The van der Waals surface area contributed by atoms with E-state index in [9.17, 15) is 4.79 Å². The van der Waals surface area contributed by atoms with Crippen LogP contribution in [0.15, 0.2) is 24.3 Å². The predicted octanol–water partition coefficient (Wildman–Crippen LogP) is 2.84. The van der Waals surface area contributed by atoms with Crippen molar-refractivity contribution in [3.8, 4) is 0 Å². The number of rotatable bonds is 3. The lowest BCUT2D eigenvalue weighted by Crippen LogP contribution is -2.40. The molecular formula is C17H26N2O. The molecule has 1 aliphatic carbocycles. The van der Waals surface area contributed by atoms with E-state index in [0.717, 1.165) is 30.4 Å². The highest BCUT2D eigenvalue weighted by molar-refractivity contribution is 5.96. The second-order valence-electron chi connectivity index (χ2n) is 6.80. The average molecular weight is 274 g/mol. The van der Waals surface area contributed by atoms with E-state index in [1.54, 1.807) is 0 Å². The molecule has 110 valence electrons. The van der Waals surface area contributed by atoms with Gasteiger partial charge in [-0.1, -0.05) is 45.4 Å². The Balaban J connectivity index is 2.18. The van der Waals surface area contributed by atoms with Crippen LogP contribution in [-0.4, -0.2) is 18.5 Å². The first-order valence-corrected chi connectivity index (χ1v) is 7.54. The fourth-order valence-corrected chi connectivity index (χ4v) is 3.09. The van der Waals surface area contributed by atoms with Crippen LogP contribution in [0.1, 0.15) is 56.0 Å². The maximum Gasteiger partial charge on any atom is 0.251 e. The molecule has 1 fully saturated rings. The summed E-state index contributed by atoms with van der Waals surface area (Å²) in [6, 6.07) is 8.13. The van der Waals surface area contributed by atoms with Gasteiger partial charge in [0, 0.05) is 11.6 Å². The van der Waals surface area contributed by atoms with E-state index in [4.69, 9.17) is 5.73 Å². The van der Waals surface area contributed by atoms with Crippen molar-refractivity contribution in [2.75, 3.05) is 6.54 Å². The van der Waals surface area contributed by atoms with Gasteiger partial charge in [0.25, 0.3) is 5.91 Å². The first-order valence-electron chi connectivity index (χ1n) is 7.54. The van der Waals surface area contributed by atoms with Gasteiger partial charge >= 0.3 is 0 Å². The summed E-state index contributed by atoms with van der Waals surface area (Å²) < 4.78 is 0. The smallest absolute Gasteiger partial charge is 0.251 e. The van der Waals surface area contributed by atoms with Gasteiger partial charge < -0.3 is 11.1 Å². The fourth-order valence-electron chi connectivity index (χ4n) is 3.09. The average Bonchev–Trinajstić information content (AvgIpc) is 2.85. The lowest BCUT2D eigenvalue weighted by Gasteiger charge is -2.24. The molecule has 0 aliphatic heterocycles. The zero-order valence-electron chi connectivity index (χ0n) is 12.8. The van der Waals surface area contributed by atoms with Crippen molar-refractivity contribution >= 4 is 5.91 Å². The highest BCUT2D eigenvalue weighted by Gasteiger charge is 2.29. The summed E-state index contributed by atoms with van der Waals surface area (Å²) in [4.78, 5) is 12.6. The molecule has 2 unspecified atom stereocenters. The van der Waals surface area contributed by atoms with Gasteiger partial charge in [0.1, 0.15) is 0 Å². The van der Waals surface area contributed by atoms with Gasteiger partial charge in [0.2, 0.25) is 0 Å². The van der Waals surface area contributed by atoms with Crippen LogP contribution in [0.5, 0.6) is 0 Å². The van der Waals surface area contributed by atoms with Crippen LogP contribution in [0.2, 0.25) is 0 Å². The number of carbonyl (C=O) groups is 1. The van der Waals surface area contributed by atoms with Crippen molar-refractivity contribution in [2.45, 2.75) is 51.5 Å². The third-order valence-corrected chi connectivity index (χ3v) is 4.26. The Bertz CT molecular complexity index is 476. The zero-order valence-corrected chi connectivity index (χ0v) is 12.8. The van der Waals surface area contributed by atoms with Gasteiger partial charge in [-0.3, -0.25) is 4.79 Å². The van der Waals surface area contributed by atoms with Crippen LogP contribution in [-0.2, 0) is 5.41 Å². The zero-order chi connectivity index (χ0) is 14.8. The van der Waals surface area contributed by atoms with Gasteiger partial charge in [-0.05, 0) is 42.3 Å². The monoisotopic (exact) mass is 274 g/mol. The molecule has 3 heteroatoms. The number of nitrogens with one attached hydrogen (secondary N) is 1. The molecule has 0 spiro atoms. The summed E-state index contributed by atoms with van der Waals surface area (Å²) >= 11 is 0. The first kappa shape index (κ1) is 15.0. The number of benzene rings is 1. The van der Waals surface area contributed by atoms with Crippen LogP contribution in [0, 0.1) is 5.92 Å². The van der Waals surface area contributed by atoms with Gasteiger partial charge in [0.15, 0.2) is 0 Å². The van der Waals surface area contributed by atoms with E-state index >= 15 is 0 Å². The van der Waals surface area contributed by atoms with Gasteiger partial charge in [-0.15, -0.1) is 0 Å². The van der Waals surface area contributed by atoms with Crippen molar-refractivity contribution in [1.29, 1.82) is 0 Å². The van der Waals surface area contributed by atoms with Crippen LogP contribution >= 0.6 is 0 Å². The Morgan fingerprint density at radius 2 is 2.00 bits per heavy atom. The molecule has 0 heterocycles. The minimum atomic E-state index is -0.0309. The highest BCUT2D eigenvalue weighted by atomic mass is 16.1. The molecule has 0 saturated heterocycles. The van der Waals surface area contributed by atoms with Gasteiger partial charge in [-0.2, -0.15) is 0 Å². The Morgan fingerprint density at radius 3 is 2.65 bits per heavy atom. The Kier molecular flexibility index (Phi) is 4.48. The Hall–Kier alpha value is -1.35. The number of carbonyl (C=O) groups excluding carboxylic acids is 1. The van der Waals surface area contributed by atoms with Crippen molar-refractivity contribution in [3.05, 3.63) is 35.4 Å². The molecule has 3 nitrogen and oxygen atoms in total. The first-order chi connectivity index (χ1) is 9.43. The molecular weight excluding hydrogens is 248 g/mol. The normalized spacial score (nSPS) is 22.8. The van der Waals surface area contributed by atoms with Crippen molar-refractivity contribution in [2.24, 2.45) is 11.7 Å². The quantitative estimate of drug-likeness (QED) is 0.890. The summed E-state index contributed by atoms with van der Waals surface area (Å²) in [6.45, 7) is 7.07. The lowest BCUT2D eigenvalue weighted by atomic mass is 9.83. The summed E-state index contributed by atoms with van der Waals surface area (Å²) in [7, 11) is 0. The van der Waals surface area contributed by atoms with Crippen molar-refractivity contribution < 1.29 is 4.79 Å². The van der Waals surface area contributed by atoms with E-state index in [-0.39, 0.29) is 17.4 Å². The molecule has 0 bridgehead atoms. The molecule has 1 aromatic carbocycles. The number of hydrogen-bond donors (Lipinski definition) is 2. The summed E-state index contributed by atoms with van der Waals surface area (Å²) in [5, 5.41) is 3.19. The second kappa shape index (κ2) is 5.96. The van der Waals surface area contributed by atoms with Crippen LogP contribution < -0.4 is 11.1 Å². The van der Waals surface area contributed by atoms with Crippen LogP contribution in [0.25, 0.3) is 0 Å². The van der Waals surface area contributed by atoms with Crippen LogP contribution in [0.3, 0.4) is 0 Å². The second-order valence-corrected chi connectivity index (χ2v) is 6.80. The van der Waals surface area contributed by atoms with Crippen molar-refractivity contribution in [3.63, 3.8) is 0 Å². The standard InChI is InChI=1S/C17H26N2O/c1-17(2,3)14-9-5-4-8-13(14)16(20)19-15-10-6-7-12(15)11-18/h4-5,8-9,12,15H,6-7,10-11,18H2,1-3H3,(H,19,20). The van der Waals surface area contributed by atoms with E-state index < -0.39 is 0 Å². The third kappa shape index (κ3) is 3.21. The Labute approximate surface area is 121 Å². The number of nitrogens with two attached hydrogens (primary N) is 1. The molecule has 1 aliphatic rings. The van der Waals surface area contributed by atoms with E-state index in [0.29, 0.717) is 12.5 Å². The minimum absolute atomic E-state index is 0.0309. The van der Waals surface area contributed by atoms with Crippen LogP contribution in [0.4, 0.5) is 0 Å². The summed E-state index contributed by atoms with van der Waals surface area (Å²) in [5.41, 5.74) is 7.65. The maximum atomic E-state index is 12.6. The topological polar surface area (TPSA) is 55.1 Å². The molecule has 20 heavy (non-hydrogen) atoms. The lowest BCUT2D eigenvalue weighted by molar-refractivity contribution is 0.0926. The number of amides is 1. The number of hydrogen-bond acceptors (Lipinski definition) is 2. The van der Waals surface area contributed by atoms with E-state index in [1.807, 2.05) is 24.3 Å². The maximum absolute atomic E-state index is 12.6.